The highest BCUT2D eigenvalue weighted by molar-refractivity contribution is 6.15. The molecular formula is C22H17FN4O2. The number of hydrogen-bond acceptors (Lipinski definition) is 5. The Kier molecular flexibility index (Phi) is 5.11. The van der Waals surface area contributed by atoms with E-state index in [-0.39, 0.29) is 12.3 Å². The highest BCUT2D eigenvalue weighted by Gasteiger charge is 2.18. The van der Waals surface area contributed by atoms with Crippen molar-refractivity contribution in [3.05, 3.63) is 89.5 Å². The van der Waals surface area contributed by atoms with Crippen LogP contribution in [0.15, 0.2) is 66.7 Å². The van der Waals surface area contributed by atoms with Crippen molar-refractivity contribution in [2.24, 2.45) is 0 Å². The van der Waals surface area contributed by atoms with Gasteiger partial charge in [0.1, 0.15) is 12.4 Å². The molecule has 0 aliphatic heterocycles. The van der Waals surface area contributed by atoms with Crippen molar-refractivity contribution in [3.8, 4) is 0 Å². The number of ether oxygens (including phenoxy) is 1. The van der Waals surface area contributed by atoms with Crippen molar-refractivity contribution in [1.82, 2.24) is 20.2 Å². The van der Waals surface area contributed by atoms with Crippen molar-refractivity contribution >= 4 is 28.5 Å². The summed E-state index contributed by atoms with van der Waals surface area (Å²) >= 11 is 0. The molecule has 0 N–H and O–H groups in total. The van der Waals surface area contributed by atoms with Crippen LogP contribution in [-0.2, 0) is 16.1 Å². The Hall–Kier alpha value is -3.87. The number of benzene rings is 3. The molecule has 3 aromatic carbocycles. The Bertz CT molecular complexity index is 1220. The topological polar surface area (TPSA) is 69.9 Å². The molecule has 0 saturated heterocycles. The van der Waals surface area contributed by atoms with Crippen LogP contribution in [0.2, 0.25) is 0 Å². The number of hydrogen-bond donors (Lipinski definition) is 0. The van der Waals surface area contributed by atoms with Crippen molar-refractivity contribution in [2.75, 3.05) is 0 Å². The van der Waals surface area contributed by atoms with E-state index in [4.69, 9.17) is 4.74 Å². The van der Waals surface area contributed by atoms with Gasteiger partial charge in [-0.15, -0.1) is 5.10 Å². The van der Waals surface area contributed by atoms with Gasteiger partial charge in [0.05, 0.1) is 0 Å². The van der Waals surface area contributed by atoms with Gasteiger partial charge in [-0.3, -0.25) is 0 Å². The number of carbonyl (C=O) groups is 1. The van der Waals surface area contributed by atoms with E-state index in [0.29, 0.717) is 11.4 Å². The summed E-state index contributed by atoms with van der Waals surface area (Å²) < 4.78 is 20.3. The maximum absolute atomic E-state index is 13.5. The van der Waals surface area contributed by atoms with Crippen LogP contribution in [-0.4, -0.2) is 26.2 Å². The van der Waals surface area contributed by atoms with Gasteiger partial charge in [0.25, 0.3) is 0 Å². The zero-order valence-electron chi connectivity index (χ0n) is 15.6. The molecule has 0 spiro atoms. The molecule has 0 amide bonds. The van der Waals surface area contributed by atoms with Crippen LogP contribution in [0, 0.1) is 12.7 Å². The number of halogens is 1. The summed E-state index contributed by atoms with van der Waals surface area (Å²) in [5.74, 6) is -0.607. The van der Waals surface area contributed by atoms with Gasteiger partial charge in [-0.1, -0.05) is 48.5 Å². The van der Waals surface area contributed by atoms with Crippen LogP contribution in [0.25, 0.3) is 22.5 Å². The first-order valence-electron chi connectivity index (χ1n) is 8.97. The lowest BCUT2D eigenvalue weighted by atomic mass is 10.1. The van der Waals surface area contributed by atoms with Crippen LogP contribution in [0.5, 0.6) is 0 Å². The van der Waals surface area contributed by atoms with Gasteiger partial charge in [0.15, 0.2) is 11.5 Å². The fourth-order valence-electron chi connectivity index (χ4n) is 2.97. The number of nitrogens with zero attached hydrogens (tertiary/aromatic N) is 4. The Morgan fingerprint density at radius 3 is 2.66 bits per heavy atom. The van der Waals surface area contributed by atoms with Crippen molar-refractivity contribution < 1.29 is 13.9 Å². The largest absolute Gasteiger partial charge is 0.456 e. The highest BCUT2D eigenvalue weighted by Crippen LogP contribution is 2.18. The second-order valence-electron chi connectivity index (χ2n) is 6.48. The van der Waals surface area contributed by atoms with Crippen LogP contribution in [0.1, 0.15) is 17.0 Å². The summed E-state index contributed by atoms with van der Waals surface area (Å²) in [5, 5.41) is 13.4. The molecule has 144 valence electrons. The average Bonchev–Trinajstić information content (AvgIpc) is 3.15. The third-order valence-electron chi connectivity index (χ3n) is 4.40. The normalized spacial score (nSPS) is 11.6. The summed E-state index contributed by atoms with van der Waals surface area (Å²) in [6.07, 6.45) is 1.50. The van der Waals surface area contributed by atoms with E-state index in [9.17, 15) is 9.18 Å². The minimum Gasteiger partial charge on any atom is -0.456 e. The molecule has 0 aliphatic carbocycles. The quantitative estimate of drug-likeness (QED) is 0.382. The van der Waals surface area contributed by atoms with Gasteiger partial charge < -0.3 is 4.74 Å². The maximum atomic E-state index is 13.5. The number of aryl methyl sites for hydroxylation is 1. The predicted octanol–water partition coefficient (Wildman–Crippen LogP) is 4.02. The molecule has 0 bridgehead atoms. The van der Waals surface area contributed by atoms with E-state index in [1.54, 1.807) is 19.1 Å². The van der Waals surface area contributed by atoms with Gasteiger partial charge in [-0.25, -0.2) is 9.18 Å². The standard InChI is InChI=1S/C22H17FN4O2/c1-15-24-25-26-27(15)21(13-16-5-4-8-20(23)12-16)22(28)29-14-17-9-10-18-6-2-3-7-19(18)11-17/h2-13H,14H2,1H3/b21-13-. The fraction of sp³-hybridized carbons (Fsp3) is 0.0909. The molecular weight excluding hydrogens is 371 g/mol. The third-order valence-corrected chi connectivity index (χ3v) is 4.40. The summed E-state index contributed by atoms with van der Waals surface area (Å²) in [5.41, 5.74) is 1.45. The van der Waals surface area contributed by atoms with E-state index in [0.717, 1.165) is 16.3 Å². The first-order chi connectivity index (χ1) is 14.1. The van der Waals surface area contributed by atoms with E-state index in [1.807, 2.05) is 42.5 Å². The lowest BCUT2D eigenvalue weighted by Crippen LogP contribution is -2.15. The average molecular weight is 388 g/mol. The zero-order valence-corrected chi connectivity index (χ0v) is 15.6. The zero-order chi connectivity index (χ0) is 20.2. The van der Waals surface area contributed by atoms with E-state index in [1.165, 1.54) is 22.9 Å². The Labute approximate surface area is 166 Å². The van der Waals surface area contributed by atoms with E-state index >= 15 is 0 Å². The molecule has 6 nitrogen and oxygen atoms in total. The SMILES string of the molecule is Cc1nnnn1/C(=C\c1cccc(F)c1)C(=O)OCc1ccc2ccccc2c1. The van der Waals surface area contributed by atoms with Crippen LogP contribution in [0.3, 0.4) is 0 Å². The molecule has 0 aliphatic rings. The summed E-state index contributed by atoms with van der Waals surface area (Å²) in [6, 6.07) is 19.7. The number of tetrazole rings is 1. The van der Waals surface area contributed by atoms with Gasteiger partial charge in [0.2, 0.25) is 0 Å². The van der Waals surface area contributed by atoms with Crippen molar-refractivity contribution in [1.29, 1.82) is 0 Å². The number of esters is 1. The maximum Gasteiger partial charge on any atom is 0.357 e. The van der Waals surface area contributed by atoms with Crippen molar-refractivity contribution in [2.45, 2.75) is 13.5 Å². The van der Waals surface area contributed by atoms with E-state index in [2.05, 4.69) is 15.5 Å². The fourth-order valence-corrected chi connectivity index (χ4v) is 2.97. The summed E-state index contributed by atoms with van der Waals surface area (Å²) in [4.78, 5) is 12.8. The molecule has 4 rings (SSSR count). The Balaban J connectivity index is 1.60. The molecule has 0 atom stereocenters. The lowest BCUT2D eigenvalue weighted by molar-refractivity contribution is -0.138. The molecule has 1 aromatic heterocycles. The highest BCUT2D eigenvalue weighted by atomic mass is 19.1. The van der Waals surface area contributed by atoms with Crippen LogP contribution >= 0.6 is 0 Å². The molecule has 29 heavy (non-hydrogen) atoms. The second kappa shape index (κ2) is 8.02. The Morgan fingerprint density at radius 2 is 1.90 bits per heavy atom. The first-order valence-corrected chi connectivity index (χ1v) is 8.97. The summed E-state index contributed by atoms with van der Waals surface area (Å²) in [6.45, 7) is 1.75. The van der Waals surface area contributed by atoms with Gasteiger partial charge in [-0.2, -0.15) is 4.68 Å². The molecule has 4 aromatic rings. The van der Waals surface area contributed by atoms with Crippen LogP contribution in [0.4, 0.5) is 4.39 Å². The predicted molar refractivity (Wildman–Crippen MR) is 107 cm³/mol. The minimum atomic E-state index is -0.613. The number of carbonyl (C=O) groups excluding carboxylic acids is 1. The van der Waals surface area contributed by atoms with Crippen LogP contribution < -0.4 is 0 Å². The monoisotopic (exact) mass is 388 g/mol. The molecule has 0 fully saturated rings. The lowest BCUT2D eigenvalue weighted by Gasteiger charge is -2.10. The van der Waals surface area contributed by atoms with Crippen molar-refractivity contribution in [3.63, 3.8) is 0 Å². The number of fused-ring (bicyclic) bond motifs is 1. The first kappa shape index (κ1) is 18.5. The third kappa shape index (κ3) is 4.19. The molecule has 1 heterocycles. The second-order valence-corrected chi connectivity index (χ2v) is 6.48. The minimum absolute atomic E-state index is 0.0886. The molecule has 7 heteroatoms. The molecule has 0 saturated carbocycles. The summed E-state index contributed by atoms with van der Waals surface area (Å²) in [7, 11) is 0. The Morgan fingerprint density at radius 1 is 1.07 bits per heavy atom. The van der Waals surface area contributed by atoms with Gasteiger partial charge in [0, 0.05) is 0 Å². The van der Waals surface area contributed by atoms with Gasteiger partial charge >= 0.3 is 5.97 Å². The van der Waals surface area contributed by atoms with Gasteiger partial charge in [-0.05, 0) is 63.5 Å². The number of rotatable bonds is 5. The van der Waals surface area contributed by atoms with E-state index < -0.39 is 11.8 Å². The number of aromatic nitrogens is 4. The molecule has 0 radical (unpaired) electrons. The molecule has 0 unspecified atom stereocenters. The smallest absolute Gasteiger partial charge is 0.357 e.